The lowest BCUT2D eigenvalue weighted by Crippen LogP contribution is -2.20. The number of hydrazone groups is 2. The molecular formula is C30H42N4O2. The first-order valence-corrected chi connectivity index (χ1v) is 12.7. The van der Waals surface area contributed by atoms with E-state index in [2.05, 4.69) is 86.9 Å². The Labute approximate surface area is 216 Å². The molecule has 6 heteroatoms. The van der Waals surface area contributed by atoms with Gasteiger partial charge in [0.15, 0.2) is 0 Å². The molecule has 2 aromatic rings. The minimum atomic E-state index is -0.159. The lowest BCUT2D eigenvalue weighted by atomic mass is 9.86. The van der Waals surface area contributed by atoms with Crippen LogP contribution in [0.4, 0.5) is 0 Å². The Hall–Kier alpha value is -3.28. The van der Waals surface area contributed by atoms with Crippen molar-refractivity contribution in [2.45, 2.75) is 91.9 Å². The van der Waals surface area contributed by atoms with Crippen LogP contribution in [-0.4, -0.2) is 23.2 Å². The van der Waals surface area contributed by atoms with E-state index in [1.54, 1.807) is 0 Å². The monoisotopic (exact) mass is 490 g/mol. The predicted octanol–water partition coefficient (Wildman–Crippen LogP) is 6.22. The zero-order chi connectivity index (χ0) is 26.9. The number of benzene rings is 2. The van der Waals surface area contributed by atoms with E-state index >= 15 is 0 Å². The number of amides is 2. The van der Waals surface area contributed by atoms with Crippen molar-refractivity contribution in [1.82, 2.24) is 10.9 Å². The number of hydrogen-bond donors (Lipinski definition) is 2. The van der Waals surface area contributed by atoms with Gasteiger partial charge in [0.1, 0.15) is 0 Å². The molecule has 0 unspecified atom stereocenters. The molecule has 0 radical (unpaired) electrons. The van der Waals surface area contributed by atoms with Crippen LogP contribution in [0.2, 0.25) is 0 Å². The maximum atomic E-state index is 12.1. The summed E-state index contributed by atoms with van der Waals surface area (Å²) in [6.07, 6.45) is 1.83. The predicted molar refractivity (Wildman–Crippen MR) is 149 cm³/mol. The van der Waals surface area contributed by atoms with E-state index < -0.39 is 0 Å². The number of rotatable bonds is 9. The van der Waals surface area contributed by atoms with Crippen molar-refractivity contribution in [3.05, 3.63) is 70.8 Å². The first-order chi connectivity index (χ1) is 16.8. The first kappa shape index (κ1) is 29.0. The van der Waals surface area contributed by atoms with Crippen molar-refractivity contribution in [3.63, 3.8) is 0 Å². The van der Waals surface area contributed by atoms with E-state index in [0.29, 0.717) is 25.7 Å². The Morgan fingerprint density at radius 1 is 0.611 bits per heavy atom. The highest BCUT2D eigenvalue weighted by molar-refractivity contribution is 5.99. The van der Waals surface area contributed by atoms with Crippen molar-refractivity contribution in [1.29, 1.82) is 0 Å². The SMILES string of the molecule is CC(=NNC(=O)CCCCC(=O)NN=C(C)c1ccc(C(C)(C)C)cc1)c1ccc(C(C)(C)C)cc1. The summed E-state index contributed by atoms with van der Waals surface area (Å²) in [4.78, 5) is 24.3. The van der Waals surface area contributed by atoms with Crippen molar-refractivity contribution < 1.29 is 9.59 Å². The highest BCUT2D eigenvalue weighted by atomic mass is 16.2. The smallest absolute Gasteiger partial charge is 0.240 e. The molecule has 0 bridgehead atoms. The summed E-state index contributed by atoms with van der Waals surface area (Å²) in [5, 5.41) is 8.43. The lowest BCUT2D eigenvalue weighted by molar-refractivity contribution is -0.123. The Kier molecular flexibility index (Phi) is 10.1. The van der Waals surface area contributed by atoms with Gasteiger partial charge in [-0.3, -0.25) is 9.59 Å². The quantitative estimate of drug-likeness (QED) is 0.248. The van der Waals surface area contributed by atoms with Gasteiger partial charge < -0.3 is 0 Å². The van der Waals surface area contributed by atoms with Gasteiger partial charge in [-0.25, -0.2) is 10.9 Å². The van der Waals surface area contributed by atoms with E-state index in [-0.39, 0.29) is 22.6 Å². The standard InChI is InChI=1S/C30H42N4O2/c1-21(23-13-17-25(18-14-23)29(3,4)5)31-33-27(35)11-9-10-12-28(36)34-32-22(2)24-15-19-26(20-16-24)30(6,7)8/h13-20H,9-12H2,1-8H3,(H,33,35)(H,34,36). The van der Waals surface area contributed by atoms with E-state index in [1.807, 2.05) is 38.1 Å². The highest BCUT2D eigenvalue weighted by Gasteiger charge is 2.14. The molecule has 0 heterocycles. The van der Waals surface area contributed by atoms with Crippen LogP contribution in [0.25, 0.3) is 0 Å². The third-order valence-electron chi connectivity index (χ3n) is 6.09. The maximum absolute atomic E-state index is 12.1. The van der Waals surface area contributed by atoms with Gasteiger partial charge in [0, 0.05) is 12.8 Å². The molecule has 0 atom stereocenters. The highest BCUT2D eigenvalue weighted by Crippen LogP contribution is 2.23. The molecule has 0 saturated carbocycles. The molecule has 0 aliphatic heterocycles. The van der Waals surface area contributed by atoms with E-state index in [4.69, 9.17) is 0 Å². The number of nitrogens with one attached hydrogen (secondary N) is 2. The fourth-order valence-electron chi connectivity index (χ4n) is 3.53. The molecular weight excluding hydrogens is 448 g/mol. The number of hydrogen-bond acceptors (Lipinski definition) is 4. The molecule has 2 N–H and O–H groups in total. The molecule has 0 spiro atoms. The molecule has 6 nitrogen and oxygen atoms in total. The largest absolute Gasteiger partial charge is 0.273 e. The Bertz CT molecular complexity index is 994. The second-order valence-electron chi connectivity index (χ2n) is 11.3. The molecule has 0 fully saturated rings. The summed E-state index contributed by atoms with van der Waals surface area (Å²) in [5.41, 5.74) is 11.4. The zero-order valence-corrected chi connectivity index (χ0v) is 23.2. The minimum Gasteiger partial charge on any atom is -0.273 e. The molecule has 0 aliphatic carbocycles. The molecule has 0 aromatic heterocycles. The number of carbonyl (C=O) groups excluding carboxylic acids is 2. The topological polar surface area (TPSA) is 82.9 Å². The van der Waals surface area contributed by atoms with Crippen LogP contribution in [0.15, 0.2) is 58.7 Å². The van der Waals surface area contributed by atoms with Crippen LogP contribution >= 0.6 is 0 Å². The van der Waals surface area contributed by atoms with Gasteiger partial charge in [0.25, 0.3) is 0 Å². The Balaban J connectivity index is 1.71. The average molecular weight is 491 g/mol. The average Bonchev–Trinajstić information content (AvgIpc) is 2.82. The van der Waals surface area contributed by atoms with Crippen LogP contribution < -0.4 is 10.9 Å². The second kappa shape index (κ2) is 12.6. The second-order valence-corrected chi connectivity index (χ2v) is 11.3. The van der Waals surface area contributed by atoms with E-state index in [1.165, 1.54) is 11.1 Å². The van der Waals surface area contributed by atoms with Crippen molar-refractivity contribution in [2.75, 3.05) is 0 Å². The van der Waals surface area contributed by atoms with Gasteiger partial charge in [-0.05, 0) is 59.8 Å². The van der Waals surface area contributed by atoms with Crippen LogP contribution in [0, 0.1) is 0 Å². The van der Waals surface area contributed by atoms with Crippen LogP contribution in [0.5, 0.6) is 0 Å². The summed E-state index contributed by atoms with van der Waals surface area (Å²) in [6.45, 7) is 16.8. The lowest BCUT2D eigenvalue weighted by Gasteiger charge is -2.19. The molecule has 0 aliphatic rings. The summed E-state index contributed by atoms with van der Waals surface area (Å²) < 4.78 is 0. The summed E-state index contributed by atoms with van der Waals surface area (Å²) in [5.74, 6) is -0.317. The Morgan fingerprint density at radius 2 is 0.917 bits per heavy atom. The van der Waals surface area contributed by atoms with Crippen LogP contribution in [0.3, 0.4) is 0 Å². The number of carbonyl (C=O) groups is 2. The van der Waals surface area contributed by atoms with Gasteiger partial charge >= 0.3 is 0 Å². The molecule has 194 valence electrons. The molecule has 0 saturated heterocycles. The minimum absolute atomic E-state index is 0.0955. The van der Waals surface area contributed by atoms with Gasteiger partial charge in [0.05, 0.1) is 11.4 Å². The fourth-order valence-corrected chi connectivity index (χ4v) is 3.53. The Morgan fingerprint density at radius 3 is 1.19 bits per heavy atom. The maximum Gasteiger partial charge on any atom is 0.240 e. The van der Waals surface area contributed by atoms with Gasteiger partial charge in [-0.1, -0.05) is 90.1 Å². The first-order valence-electron chi connectivity index (χ1n) is 12.7. The number of unbranched alkanes of at least 4 members (excludes halogenated alkanes) is 1. The van der Waals surface area contributed by atoms with E-state index in [9.17, 15) is 9.59 Å². The fraction of sp³-hybridized carbons (Fsp3) is 0.467. The number of nitrogens with zero attached hydrogens (tertiary/aromatic N) is 2. The summed E-state index contributed by atoms with van der Waals surface area (Å²) >= 11 is 0. The van der Waals surface area contributed by atoms with Gasteiger partial charge in [-0.15, -0.1) is 0 Å². The molecule has 2 rings (SSSR count). The van der Waals surface area contributed by atoms with Crippen molar-refractivity contribution in [3.8, 4) is 0 Å². The molecule has 36 heavy (non-hydrogen) atoms. The normalized spacial score (nSPS) is 12.9. The zero-order valence-electron chi connectivity index (χ0n) is 23.2. The third-order valence-corrected chi connectivity index (χ3v) is 6.09. The van der Waals surface area contributed by atoms with E-state index in [0.717, 1.165) is 22.6 Å². The summed E-state index contributed by atoms with van der Waals surface area (Å²) in [7, 11) is 0. The van der Waals surface area contributed by atoms with Crippen molar-refractivity contribution in [2.24, 2.45) is 10.2 Å². The molecule has 2 aromatic carbocycles. The molecule has 2 amide bonds. The van der Waals surface area contributed by atoms with Gasteiger partial charge in [0.2, 0.25) is 11.8 Å². The van der Waals surface area contributed by atoms with Crippen LogP contribution in [0.1, 0.15) is 103 Å². The summed E-state index contributed by atoms with van der Waals surface area (Å²) in [6, 6.07) is 16.5. The third kappa shape index (κ3) is 9.40. The van der Waals surface area contributed by atoms with Gasteiger partial charge in [-0.2, -0.15) is 10.2 Å². The van der Waals surface area contributed by atoms with Crippen molar-refractivity contribution >= 4 is 23.2 Å². The van der Waals surface area contributed by atoms with Crippen LogP contribution in [-0.2, 0) is 20.4 Å².